The van der Waals surface area contributed by atoms with E-state index in [1.807, 2.05) is 24.4 Å². The summed E-state index contributed by atoms with van der Waals surface area (Å²) in [7, 11) is 1.68. The van der Waals surface area contributed by atoms with Crippen LogP contribution in [0.2, 0.25) is 0 Å². The van der Waals surface area contributed by atoms with E-state index in [2.05, 4.69) is 24.0 Å². The van der Waals surface area contributed by atoms with Crippen LogP contribution in [0, 0.1) is 6.92 Å². The summed E-state index contributed by atoms with van der Waals surface area (Å²) < 4.78 is 5.21. The predicted octanol–water partition coefficient (Wildman–Crippen LogP) is 3.03. The highest BCUT2D eigenvalue weighted by molar-refractivity contribution is 5.36. The molecule has 0 saturated heterocycles. The first-order valence-corrected chi connectivity index (χ1v) is 6.49. The van der Waals surface area contributed by atoms with E-state index in [4.69, 9.17) is 10.5 Å². The highest BCUT2D eigenvalue weighted by atomic mass is 16.5. The van der Waals surface area contributed by atoms with Gasteiger partial charge in [-0.25, -0.2) is 0 Å². The molecular weight excluding hydrogens is 236 g/mol. The molecule has 3 nitrogen and oxygen atoms in total. The van der Waals surface area contributed by atoms with Gasteiger partial charge in [0.1, 0.15) is 5.75 Å². The Labute approximate surface area is 114 Å². The first kappa shape index (κ1) is 13.6. The van der Waals surface area contributed by atoms with Crippen LogP contribution >= 0.6 is 0 Å². The van der Waals surface area contributed by atoms with Gasteiger partial charge in [0.05, 0.1) is 7.11 Å². The number of aryl methyl sites for hydroxylation is 2. The predicted molar refractivity (Wildman–Crippen MR) is 77.2 cm³/mol. The molecule has 0 radical (unpaired) electrons. The van der Waals surface area contributed by atoms with Gasteiger partial charge in [0.25, 0.3) is 0 Å². The van der Waals surface area contributed by atoms with Crippen molar-refractivity contribution in [2.45, 2.75) is 25.8 Å². The summed E-state index contributed by atoms with van der Waals surface area (Å²) in [5, 5.41) is 0. The lowest BCUT2D eigenvalue weighted by molar-refractivity contribution is 0.414. The van der Waals surface area contributed by atoms with Crippen molar-refractivity contribution in [3.63, 3.8) is 0 Å². The third kappa shape index (κ3) is 3.55. The number of hydrogen-bond acceptors (Lipinski definition) is 3. The van der Waals surface area contributed by atoms with Crippen molar-refractivity contribution in [2.24, 2.45) is 5.73 Å². The molecule has 100 valence electrons. The first-order valence-electron chi connectivity index (χ1n) is 6.49. The Morgan fingerprint density at radius 3 is 2.79 bits per heavy atom. The number of nitrogens with two attached hydrogens (primary N) is 1. The molecule has 0 aliphatic rings. The summed E-state index contributed by atoms with van der Waals surface area (Å²) in [6.07, 6.45) is 5.55. The van der Waals surface area contributed by atoms with Crippen LogP contribution in [-0.2, 0) is 6.42 Å². The van der Waals surface area contributed by atoms with E-state index in [-0.39, 0.29) is 6.04 Å². The largest absolute Gasteiger partial charge is 0.497 e. The van der Waals surface area contributed by atoms with Gasteiger partial charge in [-0.05, 0) is 54.7 Å². The van der Waals surface area contributed by atoms with Crippen molar-refractivity contribution in [1.82, 2.24) is 4.98 Å². The van der Waals surface area contributed by atoms with Crippen molar-refractivity contribution in [2.75, 3.05) is 7.11 Å². The molecule has 0 spiro atoms. The van der Waals surface area contributed by atoms with Gasteiger partial charge in [0.15, 0.2) is 0 Å². The molecule has 2 N–H and O–H groups in total. The Balaban J connectivity index is 2.02. The standard InChI is InChI=1S/C16H20N2O/c1-12-10-14(19-2)6-7-15(12)16(17)8-5-13-4-3-9-18-11-13/h3-4,6-7,9-11,16H,5,8,17H2,1-2H3. The maximum Gasteiger partial charge on any atom is 0.119 e. The lowest BCUT2D eigenvalue weighted by Gasteiger charge is -2.15. The minimum atomic E-state index is 0.0473. The molecule has 1 atom stereocenters. The van der Waals surface area contributed by atoms with Gasteiger partial charge >= 0.3 is 0 Å². The molecule has 1 heterocycles. The monoisotopic (exact) mass is 256 g/mol. The average molecular weight is 256 g/mol. The number of methoxy groups -OCH3 is 1. The second kappa shape index (κ2) is 6.34. The summed E-state index contributed by atoms with van der Waals surface area (Å²) >= 11 is 0. The summed E-state index contributed by atoms with van der Waals surface area (Å²) in [6.45, 7) is 2.07. The van der Waals surface area contributed by atoms with Gasteiger partial charge in [-0.2, -0.15) is 0 Å². The van der Waals surface area contributed by atoms with Crippen molar-refractivity contribution in [3.8, 4) is 5.75 Å². The average Bonchev–Trinajstić information content (AvgIpc) is 2.45. The molecule has 1 aromatic carbocycles. The van der Waals surface area contributed by atoms with Crippen LogP contribution in [0.3, 0.4) is 0 Å². The molecule has 1 unspecified atom stereocenters. The quantitative estimate of drug-likeness (QED) is 0.894. The normalized spacial score (nSPS) is 12.2. The Hall–Kier alpha value is -1.87. The number of pyridine rings is 1. The number of rotatable bonds is 5. The van der Waals surface area contributed by atoms with Crippen LogP contribution in [0.5, 0.6) is 5.75 Å². The van der Waals surface area contributed by atoms with E-state index in [9.17, 15) is 0 Å². The van der Waals surface area contributed by atoms with E-state index in [1.54, 1.807) is 13.3 Å². The number of benzene rings is 1. The number of ether oxygens (including phenoxy) is 1. The van der Waals surface area contributed by atoms with Crippen molar-refractivity contribution >= 4 is 0 Å². The lowest BCUT2D eigenvalue weighted by atomic mass is 9.96. The van der Waals surface area contributed by atoms with Gasteiger partial charge < -0.3 is 10.5 Å². The molecule has 2 aromatic rings. The molecule has 19 heavy (non-hydrogen) atoms. The molecule has 0 amide bonds. The zero-order valence-electron chi connectivity index (χ0n) is 11.5. The summed E-state index contributed by atoms with van der Waals surface area (Å²) in [5.74, 6) is 0.876. The third-order valence-corrected chi connectivity index (χ3v) is 3.34. The molecule has 0 aliphatic heterocycles. The first-order chi connectivity index (χ1) is 9.20. The minimum absolute atomic E-state index is 0.0473. The summed E-state index contributed by atoms with van der Waals surface area (Å²) in [4.78, 5) is 4.12. The van der Waals surface area contributed by atoms with E-state index in [0.29, 0.717) is 0 Å². The summed E-state index contributed by atoms with van der Waals surface area (Å²) in [6, 6.07) is 10.1. The maximum atomic E-state index is 6.27. The van der Waals surface area contributed by atoms with Crippen molar-refractivity contribution in [1.29, 1.82) is 0 Å². The smallest absolute Gasteiger partial charge is 0.119 e. The topological polar surface area (TPSA) is 48.1 Å². The van der Waals surface area contributed by atoms with Crippen molar-refractivity contribution < 1.29 is 4.74 Å². The minimum Gasteiger partial charge on any atom is -0.497 e. The third-order valence-electron chi connectivity index (χ3n) is 3.34. The van der Waals surface area contributed by atoms with Crippen LogP contribution in [0.4, 0.5) is 0 Å². The van der Waals surface area contributed by atoms with Gasteiger partial charge in [-0.1, -0.05) is 12.1 Å². The molecular formula is C16H20N2O. The highest BCUT2D eigenvalue weighted by Crippen LogP contribution is 2.24. The Bertz CT molecular complexity index is 526. The van der Waals surface area contributed by atoms with Crippen molar-refractivity contribution in [3.05, 3.63) is 59.4 Å². The van der Waals surface area contributed by atoms with E-state index in [0.717, 1.165) is 18.6 Å². The molecule has 0 fully saturated rings. The Morgan fingerprint density at radius 2 is 2.16 bits per heavy atom. The molecule has 3 heteroatoms. The second-order valence-electron chi connectivity index (χ2n) is 4.73. The molecule has 0 aliphatic carbocycles. The van der Waals surface area contributed by atoms with Gasteiger partial charge in [-0.3, -0.25) is 4.98 Å². The molecule has 1 aromatic heterocycles. The Kier molecular flexibility index (Phi) is 4.53. The molecule has 0 bridgehead atoms. The second-order valence-corrected chi connectivity index (χ2v) is 4.73. The van der Waals surface area contributed by atoms with Crippen LogP contribution in [-0.4, -0.2) is 12.1 Å². The lowest BCUT2D eigenvalue weighted by Crippen LogP contribution is -2.12. The van der Waals surface area contributed by atoms with Crippen LogP contribution in [0.15, 0.2) is 42.7 Å². The molecule has 0 saturated carbocycles. The fourth-order valence-electron chi connectivity index (χ4n) is 2.21. The molecule has 2 rings (SSSR count). The van der Waals surface area contributed by atoms with E-state index < -0.39 is 0 Å². The number of aromatic nitrogens is 1. The fraction of sp³-hybridized carbons (Fsp3) is 0.312. The zero-order valence-corrected chi connectivity index (χ0v) is 11.5. The number of nitrogens with zero attached hydrogens (tertiary/aromatic N) is 1. The van der Waals surface area contributed by atoms with Crippen LogP contribution in [0.1, 0.15) is 29.2 Å². The highest BCUT2D eigenvalue weighted by Gasteiger charge is 2.10. The SMILES string of the molecule is COc1ccc(C(N)CCc2cccnc2)c(C)c1. The van der Waals surface area contributed by atoms with Crippen LogP contribution in [0.25, 0.3) is 0 Å². The summed E-state index contributed by atoms with van der Waals surface area (Å²) in [5.41, 5.74) is 9.86. The zero-order chi connectivity index (χ0) is 13.7. The van der Waals surface area contributed by atoms with E-state index in [1.165, 1.54) is 16.7 Å². The number of hydrogen-bond donors (Lipinski definition) is 1. The fourth-order valence-corrected chi connectivity index (χ4v) is 2.21. The Morgan fingerprint density at radius 1 is 1.32 bits per heavy atom. The maximum absolute atomic E-state index is 6.27. The van der Waals surface area contributed by atoms with Crippen LogP contribution < -0.4 is 10.5 Å². The van der Waals surface area contributed by atoms with E-state index >= 15 is 0 Å². The van der Waals surface area contributed by atoms with Gasteiger partial charge in [0.2, 0.25) is 0 Å². The van der Waals surface area contributed by atoms with Gasteiger partial charge in [0, 0.05) is 18.4 Å². The van der Waals surface area contributed by atoms with Gasteiger partial charge in [-0.15, -0.1) is 0 Å².